The fraction of sp³-hybridized carbons (Fsp3) is 0.947. The van der Waals surface area contributed by atoms with Crippen molar-refractivity contribution in [2.75, 3.05) is 39.8 Å². The van der Waals surface area contributed by atoms with Crippen LogP contribution in [0.25, 0.3) is 0 Å². The van der Waals surface area contributed by atoms with Crippen molar-refractivity contribution in [2.24, 2.45) is 4.99 Å². The van der Waals surface area contributed by atoms with Gasteiger partial charge in [-0.05, 0) is 38.6 Å². The highest BCUT2D eigenvalue weighted by atomic mass is 127. The number of rotatable bonds is 7. The number of hydrogen-bond acceptors (Lipinski definition) is 3. The number of halogens is 1. The number of nitrogens with zero attached hydrogens (tertiary/aromatic N) is 2. The van der Waals surface area contributed by atoms with Crippen LogP contribution in [0, 0.1) is 0 Å². The van der Waals surface area contributed by atoms with Crippen molar-refractivity contribution in [1.29, 1.82) is 0 Å². The molecule has 2 N–H and O–H groups in total. The van der Waals surface area contributed by atoms with E-state index in [0.29, 0.717) is 12.1 Å². The Hall–Kier alpha value is -0.0800. The molecular weight excluding hydrogens is 427 g/mol. The van der Waals surface area contributed by atoms with Crippen molar-refractivity contribution in [1.82, 2.24) is 15.5 Å². The van der Waals surface area contributed by atoms with Crippen molar-refractivity contribution in [3.63, 3.8) is 0 Å². The van der Waals surface area contributed by atoms with Crippen LogP contribution < -0.4 is 10.6 Å². The maximum atomic E-state index is 6.04. The fourth-order valence-corrected chi connectivity index (χ4v) is 3.81. The number of hydrogen-bond donors (Lipinski definition) is 2. The van der Waals surface area contributed by atoms with Gasteiger partial charge in [-0.1, -0.05) is 32.6 Å². The van der Waals surface area contributed by atoms with E-state index < -0.39 is 0 Å². The number of ether oxygens (including phenoxy) is 1. The van der Waals surface area contributed by atoms with E-state index in [0.717, 1.165) is 19.1 Å². The van der Waals surface area contributed by atoms with E-state index in [4.69, 9.17) is 4.74 Å². The van der Waals surface area contributed by atoms with Gasteiger partial charge in [-0.25, -0.2) is 0 Å². The summed E-state index contributed by atoms with van der Waals surface area (Å²) in [5.74, 6) is 0.924. The van der Waals surface area contributed by atoms with Gasteiger partial charge in [-0.2, -0.15) is 0 Å². The lowest BCUT2D eigenvalue weighted by molar-refractivity contribution is 0.0467. The molecule has 1 saturated carbocycles. The molecule has 0 bridgehead atoms. The fourth-order valence-electron chi connectivity index (χ4n) is 3.81. The van der Waals surface area contributed by atoms with E-state index in [2.05, 4.69) is 27.4 Å². The van der Waals surface area contributed by atoms with Crippen LogP contribution in [0.1, 0.15) is 64.7 Å². The first kappa shape index (κ1) is 23.0. The standard InChI is InChI=1S/C19H38N4O.HI/c1-3-13-23-14-10-17(11-15-23)22-19(20-2)21-12-16-24-18-8-6-4-5-7-9-18;/h17-18H,3-16H2,1-2H3,(H2,20,21,22);1H. The van der Waals surface area contributed by atoms with Crippen molar-refractivity contribution in [3.05, 3.63) is 0 Å². The average molecular weight is 466 g/mol. The zero-order valence-corrected chi connectivity index (χ0v) is 18.6. The summed E-state index contributed by atoms with van der Waals surface area (Å²) >= 11 is 0. The van der Waals surface area contributed by atoms with Crippen molar-refractivity contribution in [2.45, 2.75) is 76.9 Å². The van der Waals surface area contributed by atoms with Gasteiger partial charge < -0.3 is 20.3 Å². The van der Waals surface area contributed by atoms with Crippen LogP contribution in [0.4, 0.5) is 0 Å². The van der Waals surface area contributed by atoms with Crippen LogP contribution >= 0.6 is 24.0 Å². The zero-order valence-electron chi connectivity index (χ0n) is 16.3. The Morgan fingerprint density at radius 1 is 1.08 bits per heavy atom. The molecule has 0 amide bonds. The number of likely N-dealkylation sites (tertiary alicyclic amines) is 1. The molecule has 0 spiro atoms. The van der Waals surface area contributed by atoms with Crippen LogP contribution in [0.3, 0.4) is 0 Å². The minimum absolute atomic E-state index is 0. The lowest BCUT2D eigenvalue weighted by Crippen LogP contribution is -2.49. The minimum atomic E-state index is 0. The third-order valence-corrected chi connectivity index (χ3v) is 5.24. The third-order valence-electron chi connectivity index (χ3n) is 5.24. The first-order valence-electron chi connectivity index (χ1n) is 10.1. The zero-order chi connectivity index (χ0) is 17.0. The lowest BCUT2D eigenvalue weighted by Gasteiger charge is -2.32. The van der Waals surface area contributed by atoms with Gasteiger partial charge in [0.15, 0.2) is 5.96 Å². The Morgan fingerprint density at radius 2 is 1.76 bits per heavy atom. The number of nitrogens with one attached hydrogen (secondary N) is 2. The Morgan fingerprint density at radius 3 is 2.36 bits per heavy atom. The summed E-state index contributed by atoms with van der Waals surface area (Å²) in [7, 11) is 1.85. The van der Waals surface area contributed by atoms with E-state index in [1.54, 1.807) is 0 Å². The molecule has 0 radical (unpaired) electrons. The molecule has 0 aromatic heterocycles. The molecule has 1 aliphatic heterocycles. The SMILES string of the molecule is CCCN1CCC(NC(=NC)NCCOC2CCCCCC2)CC1.I. The monoisotopic (exact) mass is 466 g/mol. The van der Waals surface area contributed by atoms with Crippen LogP contribution in [-0.4, -0.2) is 62.8 Å². The largest absolute Gasteiger partial charge is 0.376 e. The van der Waals surface area contributed by atoms with Crippen LogP contribution in [-0.2, 0) is 4.74 Å². The highest BCUT2D eigenvalue weighted by Crippen LogP contribution is 2.19. The van der Waals surface area contributed by atoms with Gasteiger partial charge in [0.2, 0.25) is 0 Å². The van der Waals surface area contributed by atoms with Gasteiger partial charge in [0.25, 0.3) is 0 Å². The molecule has 1 saturated heterocycles. The summed E-state index contributed by atoms with van der Waals surface area (Å²) in [6.45, 7) is 7.51. The summed E-state index contributed by atoms with van der Waals surface area (Å²) < 4.78 is 6.04. The number of guanidine groups is 1. The molecule has 1 heterocycles. The first-order valence-corrected chi connectivity index (χ1v) is 10.1. The first-order chi connectivity index (χ1) is 11.8. The highest BCUT2D eigenvalue weighted by molar-refractivity contribution is 14.0. The quantitative estimate of drug-likeness (QED) is 0.199. The van der Waals surface area contributed by atoms with Crippen molar-refractivity contribution in [3.8, 4) is 0 Å². The third kappa shape index (κ3) is 9.43. The summed E-state index contributed by atoms with van der Waals surface area (Å²) in [5.41, 5.74) is 0. The van der Waals surface area contributed by atoms with E-state index in [1.807, 2.05) is 7.05 Å². The lowest BCUT2D eigenvalue weighted by atomic mass is 10.1. The summed E-state index contributed by atoms with van der Waals surface area (Å²) in [6, 6.07) is 0.548. The molecule has 1 aliphatic carbocycles. The minimum Gasteiger partial charge on any atom is -0.376 e. The van der Waals surface area contributed by atoms with Gasteiger partial charge >= 0.3 is 0 Å². The Bertz CT molecular complexity index is 351. The molecule has 0 unspecified atom stereocenters. The van der Waals surface area contributed by atoms with E-state index in [-0.39, 0.29) is 24.0 Å². The second kappa shape index (κ2) is 14.0. The number of aliphatic imine (C=N–C) groups is 1. The molecule has 6 heteroatoms. The Labute approximate surface area is 171 Å². The number of piperidine rings is 1. The molecule has 2 rings (SSSR count). The van der Waals surface area contributed by atoms with Gasteiger partial charge in [0, 0.05) is 32.7 Å². The maximum Gasteiger partial charge on any atom is 0.191 e. The molecule has 148 valence electrons. The molecule has 2 aliphatic rings. The maximum absolute atomic E-state index is 6.04. The molecule has 25 heavy (non-hydrogen) atoms. The van der Waals surface area contributed by atoms with E-state index in [1.165, 1.54) is 77.4 Å². The summed E-state index contributed by atoms with van der Waals surface area (Å²) in [6.07, 6.45) is 12.0. The molecule has 0 aromatic carbocycles. The summed E-state index contributed by atoms with van der Waals surface area (Å²) in [5, 5.41) is 6.98. The average Bonchev–Trinajstić information content (AvgIpc) is 2.88. The van der Waals surface area contributed by atoms with Crippen molar-refractivity contribution < 1.29 is 4.74 Å². The van der Waals surface area contributed by atoms with E-state index in [9.17, 15) is 0 Å². The van der Waals surface area contributed by atoms with Gasteiger partial charge in [0.1, 0.15) is 0 Å². The van der Waals surface area contributed by atoms with Gasteiger partial charge in [0.05, 0.1) is 12.7 Å². The van der Waals surface area contributed by atoms with Crippen LogP contribution in [0.15, 0.2) is 4.99 Å². The van der Waals surface area contributed by atoms with Crippen LogP contribution in [0.2, 0.25) is 0 Å². The Balaban J connectivity index is 0.00000312. The second-order valence-corrected chi connectivity index (χ2v) is 7.24. The summed E-state index contributed by atoms with van der Waals surface area (Å²) in [4.78, 5) is 6.93. The Kier molecular flexibility index (Phi) is 12.9. The van der Waals surface area contributed by atoms with Crippen LogP contribution in [0.5, 0.6) is 0 Å². The molecule has 2 fully saturated rings. The van der Waals surface area contributed by atoms with Gasteiger partial charge in [-0.3, -0.25) is 4.99 Å². The normalized spacial score (nSPS) is 21.4. The molecule has 0 atom stereocenters. The second-order valence-electron chi connectivity index (χ2n) is 7.24. The molecule has 5 nitrogen and oxygen atoms in total. The predicted octanol–water partition coefficient (Wildman–Crippen LogP) is 3.38. The topological polar surface area (TPSA) is 48.9 Å². The predicted molar refractivity (Wildman–Crippen MR) is 117 cm³/mol. The van der Waals surface area contributed by atoms with E-state index >= 15 is 0 Å². The molecular formula is C19H39IN4O. The smallest absolute Gasteiger partial charge is 0.191 e. The molecule has 0 aromatic rings. The highest BCUT2D eigenvalue weighted by Gasteiger charge is 2.19. The van der Waals surface area contributed by atoms with Crippen molar-refractivity contribution >= 4 is 29.9 Å². The van der Waals surface area contributed by atoms with Gasteiger partial charge in [-0.15, -0.1) is 24.0 Å².